The van der Waals surface area contributed by atoms with Gasteiger partial charge in [0.1, 0.15) is 0 Å². The van der Waals surface area contributed by atoms with Crippen LogP contribution in [0.1, 0.15) is 37.0 Å². The van der Waals surface area contributed by atoms with E-state index in [1.165, 1.54) is 18.5 Å². The zero-order valence-corrected chi connectivity index (χ0v) is 11.1. The van der Waals surface area contributed by atoms with Crippen molar-refractivity contribution in [2.45, 2.75) is 45.7 Å². The highest BCUT2D eigenvalue weighted by molar-refractivity contribution is 5.37. The van der Waals surface area contributed by atoms with Crippen molar-refractivity contribution in [3.8, 4) is 0 Å². The summed E-state index contributed by atoms with van der Waals surface area (Å²) in [4.78, 5) is 2.56. The van der Waals surface area contributed by atoms with Gasteiger partial charge in [0.25, 0.3) is 0 Å². The third-order valence-electron chi connectivity index (χ3n) is 3.78. The topological polar surface area (TPSA) is 29.3 Å². The number of hydrogen-bond acceptors (Lipinski definition) is 2. The molecule has 1 aliphatic heterocycles. The van der Waals surface area contributed by atoms with Gasteiger partial charge < -0.3 is 5.73 Å². The molecule has 0 amide bonds. The Morgan fingerprint density at radius 2 is 2.18 bits per heavy atom. The molecule has 0 fully saturated rings. The van der Waals surface area contributed by atoms with Crippen molar-refractivity contribution in [1.29, 1.82) is 0 Å². The van der Waals surface area contributed by atoms with Gasteiger partial charge >= 0.3 is 0 Å². The minimum atomic E-state index is 0.644. The highest BCUT2D eigenvalue weighted by atomic mass is 15.1. The largest absolute Gasteiger partial charge is 0.330 e. The van der Waals surface area contributed by atoms with E-state index in [0.717, 1.165) is 25.9 Å². The first-order chi connectivity index (χ1) is 8.22. The van der Waals surface area contributed by atoms with Crippen LogP contribution < -0.4 is 5.73 Å². The Bertz CT molecular complexity index is 371. The van der Waals surface area contributed by atoms with Crippen LogP contribution in [0.3, 0.4) is 0 Å². The minimum absolute atomic E-state index is 0.644. The average molecular weight is 232 g/mol. The molecule has 17 heavy (non-hydrogen) atoms. The van der Waals surface area contributed by atoms with Gasteiger partial charge in [0.05, 0.1) is 0 Å². The molecule has 2 N–H and O–H groups in total. The van der Waals surface area contributed by atoms with Gasteiger partial charge in [-0.25, -0.2) is 0 Å². The van der Waals surface area contributed by atoms with Crippen LogP contribution >= 0.6 is 0 Å². The molecule has 0 bridgehead atoms. The molecule has 2 nitrogen and oxygen atoms in total. The van der Waals surface area contributed by atoms with Crippen molar-refractivity contribution in [3.63, 3.8) is 0 Å². The number of rotatable bonds is 4. The summed E-state index contributed by atoms with van der Waals surface area (Å²) in [5.41, 5.74) is 10.3. The lowest BCUT2D eigenvalue weighted by atomic mass is 9.92. The Labute approximate surface area is 105 Å². The van der Waals surface area contributed by atoms with Crippen molar-refractivity contribution < 1.29 is 0 Å². The fraction of sp³-hybridized carbons (Fsp3) is 0.600. The second kappa shape index (κ2) is 5.65. The van der Waals surface area contributed by atoms with E-state index in [1.54, 1.807) is 11.1 Å². The van der Waals surface area contributed by atoms with E-state index in [2.05, 4.69) is 36.9 Å². The Balaban J connectivity index is 2.20. The molecule has 0 aromatic heterocycles. The van der Waals surface area contributed by atoms with Crippen molar-refractivity contribution in [2.24, 2.45) is 5.73 Å². The summed E-state index contributed by atoms with van der Waals surface area (Å²) in [7, 11) is 0. The molecule has 0 saturated carbocycles. The lowest BCUT2D eigenvalue weighted by Crippen LogP contribution is -2.36. The molecular formula is C15H24N2. The summed E-state index contributed by atoms with van der Waals surface area (Å²) in [5.74, 6) is 0. The molecule has 1 heterocycles. The van der Waals surface area contributed by atoms with Gasteiger partial charge in [0, 0.05) is 19.1 Å². The maximum atomic E-state index is 5.62. The van der Waals surface area contributed by atoms with Gasteiger partial charge in [0.15, 0.2) is 0 Å². The molecule has 0 spiro atoms. The van der Waals surface area contributed by atoms with Crippen LogP contribution in [-0.4, -0.2) is 24.0 Å². The Kier molecular flexibility index (Phi) is 4.19. The molecular weight excluding hydrogens is 208 g/mol. The number of fused-ring (bicyclic) bond motifs is 1. The summed E-state index contributed by atoms with van der Waals surface area (Å²) in [6.45, 7) is 7.68. The monoisotopic (exact) mass is 232 g/mol. The Hall–Kier alpha value is -0.860. The third-order valence-corrected chi connectivity index (χ3v) is 3.78. The number of aryl methyl sites for hydroxylation is 1. The van der Waals surface area contributed by atoms with Crippen molar-refractivity contribution >= 4 is 0 Å². The molecule has 0 radical (unpaired) electrons. The first-order valence-electron chi connectivity index (χ1n) is 6.76. The second-order valence-corrected chi connectivity index (χ2v) is 5.26. The first-order valence-corrected chi connectivity index (χ1v) is 6.76. The van der Waals surface area contributed by atoms with Crippen LogP contribution in [-0.2, 0) is 19.4 Å². The smallest absolute Gasteiger partial charge is 0.0242 e. The maximum absolute atomic E-state index is 5.62. The Morgan fingerprint density at radius 1 is 1.35 bits per heavy atom. The zero-order valence-electron chi connectivity index (χ0n) is 11.1. The summed E-state index contributed by atoms with van der Waals surface area (Å²) in [6, 6.07) is 7.41. The second-order valence-electron chi connectivity index (χ2n) is 5.26. The predicted octanol–water partition coefficient (Wildman–Crippen LogP) is 2.34. The molecule has 0 unspecified atom stereocenters. The normalized spacial score (nSPS) is 16.2. The maximum Gasteiger partial charge on any atom is 0.0242 e. The molecule has 94 valence electrons. The standard InChI is InChI=1S/C15H24N2/c1-12(2)17-10-8-14-6-3-5-13(7-4-9-16)15(14)11-17/h3,5-6,12H,4,7-11,16H2,1-2H3. The predicted molar refractivity (Wildman–Crippen MR) is 73.1 cm³/mol. The highest BCUT2D eigenvalue weighted by Gasteiger charge is 2.19. The lowest BCUT2D eigenvalue weighted by Gasteiger charge is -2.33. The van der Waals surface area contributed by atoms with E-state index in [4.69, 9.17) is 5.73 Å². The summed E-state index contributed by atoms with van der Waals surface area (Å²) in [6.07, 6.45) is 3.42. The fourth-order valence-corrected chi connectivity index (χ4v) is 2.64. The van der Waals surface area contributed by atoms with Crippen molar-refractivity contribution in [2.75, 3.05) is 13.1 Å². The van der Waals surface area contributed by atoms with E-state index in [9.17, 15) is 0 Å². The van der Waals surface area contributed by atoms with Crippen LogP contribution in [0.25, 0.3) is 0 Å². The zero-order chi connectivity index (χ0) is 12.3. The average Bonchev–Trinajstić information content (AvgIpc) is 2.35. The number of nitrogens with two attached hydrogens (primary N) is 1. The van der Waals surface area contributed by atoms with Gasteiger partial charge in [-0.3, -0.25) is 4.90 Å². The molecule has 1 aromatic carbocycles. The molecule has 2 heteroatoms. The molecule has 0 saturated heterocycles. The van der Waals surface area contributed by atoms with Gasteiger partial charge in [-0.05, 0) is 56.3 Å². The van der Waals surface area contributed by atoms with E-state index >= 15 is 0 Å². The number of nitrogens with zero attached hydrogens (tertiary/aromatic N) is 1. The number of hydrogen-bond donors (Lipinski definition) is 1. The quantitative estimate of drug-likeness (QED) is 0.863. The van der Waals surface area contributed by atoms with Crippen LogP contribution in [0.5, 0.6) is 0 Å². The number of benzene rings is 1. The molecule has 1 aliphatic rings. The summed E-state index contributed by atoms with van der Waals surface area (Å²) in [5, 5.41) is 0. The molecule has 1 aromatic rings. The van der Waals surface area contributed by atoms with Crippen molar-refractivity contribution in [3.05, 3.63) is 34.9 Å². The van der Waals surface area contributed by atoms with Gasteiger partial charge in [-0.15, -0.1) is 0 Å². The van der Waals surface area contributed by atoms with Crippen LogP contribution in [0.2, 0.25) is 0 Å². The van der Waals surface area contributed by atoms with Crippen molar-refractivity contribution in [1.82, 2.24) is 4.90 Å². The first kappa shape index (κ1) is 12.6. The third kappa shape index (κ3) is 2.88. The van der Waals surface area contributed by atoms with Gasteiger partial charge in [-0.2, -0.15) is 0 Å². The Morgan fingerprint density at radius 3 is 2.88 bits per heavy atom. The molecule has 0 atom stereocenters. The summed E-state index contributed by atoms with van der Waals surface area (Å²) >= 11 is 0. The van der Waals surface area contributed by atoms with Gasteiger partial charge in [-0.1, -0.05) is 18.2 Å². The molecule has 0 aliphatic carbocycles. The fourth-order valence-electron chi connectivity index (χ4n) is 2.64. The lowest BCUT2D eigenvalue weighted by molar-refractivity contribution is 0.202. The van der Waals surface area contributed by atoms with Crippen LogP contribution in [0.4, 0.5) is 0 Å². The minimum Gasteiger partial charge on any atom is -0.330 e. The van der Waals surface area contributed by atoms with Crippen LogP contribution in [0, 0.1) is 0 Å². The van der Waals surface area contributed by atoms with Crippen LogP contribution in [0.15, 0.2) is 18.2 Å². The van der Waals surface area contributed by atoms with E-state index in [-0.39, 0.29) is 0 Å². The van der Waals surface area contributed by atoms with E-state index in [1.807, 2.05) is 0 Å². The van der Waals surface area contributed by atoms with Gasteiger partial charge in [0.2, 0.25) is 0 Å². The van der Waals surface area contributed by atoms with E-state index < -0.39 is 0 Å². The summed E-state index contributed by atoms with van der Waals surface area (Å²) < 4.78 is 0. The SMILES string of the molecule is CC(C)N1CCc2cccc(CCCN)c2C1. The highest BCUT2D eigenvalue weighted by Crippen LogP contribution is 2.24. The van der Waals surface area contributed by atoms with E-state index in [0.29, 0.717) is 6.04 Å². The molecule has 2 rings (SSSR count).